The van der Waals surface area contributed by atoms with Crippen molar-refractivity contribution in [3.8, 4) is 5.75 Å². The minimum Gasteiger partial charge on any atom is -0.482 e. The third-order valence-electron chi connectivity index (χ3n) is 5.92. The van der Waals surface area contributed by atoms with E-state index in [-0.39, 0.29) is 18.4 Å². The smallest absolute Gasteiger partial charge is 0.265 e. The van der Waals surface area contributed by atoms with E-state index in [1.165, 1.54) is 5.56 Å². The maximum absolute atomic E-state index is 12.6. The average molecular weight is 392 g/mol. The fourth-order valence-corrected chi connectivity index (χ4v) is 4.28. The van der Waals surface area contributed by atoms with Gasteiger partial charge in [0.25, 0.3) is 5.91 Å². The number of ether oxygens (including phenoxy) is 1. The highest BCUT2D eigenvalue weighted by molar-refractivity contribution is 5.97. The molecule has 2 aromatic rings. The SMILES string of the molecule is O=C(CCCN1C(=O)COc2ccccc21)N1CCC(Cc2ccccc2)CC1. The molecule has 0 saturated carbocycles. The fraction of sp³-hybridized carbons (Fsp3) is 0.417. The molecule has 5 nitrogen and oxygen atoms in total. The molecule has 2 aliphatic rings. The van der Waals surface area contributed by atoms with Crippen molar-refractivity contribution in [2.45, 2.75) is 32.1 Å². The first kappa shape index (κ1) is 19.5. The van der Waals surface area contributed by atoms with Gasteiger partial charge in [-0.1, -0.05) is 42.5 Å². The van der Waals surface area contributed by atoms with E-state index in [0.29, 0.717) is 25.3 Å². The van der Waals surface area contributed by atoms with Gasteiger partial charge < -0.3 is 14.5 Å². The number of benzene rings is 2. The molecule has 2 aromatic carbocycles. The van der Waals surface area contributed by atoms with Gasteiger partial charge in [-0.2, -0.15) is 0 Å². The summed E-state index contributed by atoms with van der Waals surface area (Å²) in [5, 5.41) is 0. The molecule has 0 aliphatic carbocycles. The van der Waals surface area contributed by atoms with Crippen LogP contribution in [0.15, 0.2) is 54.6 Å². The van der Waals surface area contributed by atoms with Gasteiger partial charge in [-0.15, -0.1) is 0 Å². The minimum atomic E-state index is -0.0436. The Bertz CT molecular complexity index is 844. The van der Waals surface area contributed by atoms with Crippen molar-refractivity contribution in [2.24, 2.45) is 5.92 Å². The van der Waals surface area contributed by atoms with Crippen molar-refractivity contribution >= 4 is 17.5 Å². The second kappa shape index (κ2) is 9.12. The monoisotopic (exact) mass is 392 g/mol. The molecular weight excluding hydrogens is 364 g/mol. The molecule has 5 heteroatoms. The minimum absolute atomic E-state index is 0.0436. The van der Waals surface area contributed by atoms with Crippen molar-refractivity contribution in [3.63, 3.8) is 0 Å². The third-order valence-corrected chi connectivity index (χ3v) is 5.92. The van der Waals surface area contributed by atoms with Crippen molar-refractivity contribution in [3.05, 3.63) is 60.2 Å². The average Bonchev–Trinajstić information content (AvgIpc) is 2.76. The zero-order chi connectivity index (χ0) is 20.1. The van der Waals surface area contributed by atoms with Gasteiger partial charge in [0.2, 0.25) is 5.91 Å². The number of piperidine rings is 1. The number of hydrogen-bond donors (Lipinski definition) is 0. The van der Waals surface area contributed by atoms with Crippen LogP contribution in [-0.4, -0.2) is 43.0 Å². The summed E-state index contributed by atoms with van der Waals surface area (Å²) in [7, 11) is 0. The quantitative estimate of drug-likeness (QED) is 0.754. The van der Waals surface area contributed by atoms with E-state index in [2.05, 4.69) is 24.3 Å². The normalized spacial score (nSPS) is 17.0. The van der Waals surface area contributed by atoms with E-state index in [4.69, 9.17) is 4.74 Å². The highest BCUT2D eigenvalue weighted by Crippen LogP contribution is 2.31. The van der Waals surface area contributed by atoms with Crippen molar-refractivity contribution in [1.29, 1.82) is 0 Å². The number of hydrogen-bond acceptors (Lipinski definition) is 3. The molecule has 0 radical (unpaired) electrons. The van der Waals surface area contributed by atoms with Crippen LogP contribution in [0.1, 0.15) is 31.2 Å². The van der Waals surface area contributed by atoms with E-state index in [1.807, 2.05) is 35.2 Å². The summed E-state index contributed by atoms with van der Waals surface area (Å²) in [6.45, 7) is 2.31. The number of rotatable bonds is 6. The second-order valence-electron chi connectivity index (χ2n) is 7.92. The number of fused-ring (bicyclic) bond motifs is 1. The van der Waals surface area contributed by atoms with Gasteiger partial charge in [0, 0.05) is 26.1 Å². The molecule has 2 aliphatic heterocycles. The molecule has 0 bridgehead atoms. The van der Waals surface area contributed by atoms with Gasteiger partial charge in [0.15, 0.2) is 6.61 Å². The molecule has 0 N–H and O–H groups in total. The van der Waals surface area contributed by atoms with Gasteiger partial charge in [0.1, 0.15) is 5.75 Å². The van der Waals surface area contributed by atoms with Crippen LogP contribution < -0.4 is 9.64 Å². The molecule has 29 heavy (non-hydrogen) atoms. The van der Waals surface area contributed by atoms with Crippen LogP contribution in [0.3, 0.4) is 0 Å². The maximum atomic E-state index is 12.6. The number of nitrogens with zero attached hydrogens (tertiary/aromatic N) is 2. The molecule has 0 atom stereocenters. The van der Waals surface area contributed by atoms with Crippen molar-refractivity contribution < 1.29 is 14.3 Å². The Morgan fingerprint density at radius 1 is 1.00 bits per heavy atom. The summed E-state index contributed by atoms with van der Waals surface area (Å²) in [6.07, 6.45) is 4.38. The summed E-state index contributed by atoms with van der Waals surface area (Å²) in [6, 6.07) is 18.2. The summed E-state index contributed by atoms with van der Waals surface area (Å²) < 4.78 is 5.47. The van der Waals surface area contributed by atoms with Crippen LogP contribution in [0.5, 0.6) is 5.75 Å². The maximum Gasteiger partial charge on any atom is 0.265 e. The molecule has 152 valence electrons. The zero-order valence-electron chi connectivity index (χ0n) is 16.8. The Morgan fingerprint density at radius 2 is 1.72 bits per heavy atom. The molecule has 1 fully saturated rings. The lowest BCUT2D eigenvalue weighted by Gasteiger charge is -2.33. The first-order valence-electron chi connectivity index (χ1n) is 10.5. The van der Waals surface area contributed by atoms with E-state index < -0.39 is 0 Å². The number of likely N-dealkylation sites (tertiary alicyclic amines) is 1. The number of carbonyl (C=O) groups is 2. The number of anilines is 1. The van der Waals surface area contributed by atoms with Crippen LogP contribution in [-0.2, 0) is 16.0 Å². The van der Waals surface area contributed by atoms with Gasteiger partial charge in [-0.3, -0.25) is 9.59 Å². The summed E-state index contributed by atoms with van der Waals surface area (Å²) >= 11 is 0. The first-order chi connectivity index (χ1) is 14.2. The van der Waals surface area contributed by atoms with E-state index in [1.54, 1.807) is 4.90 Å². The molecule has 2 heterocycles. The van der Waals surface area contributed by atoms with Crippen molar-refractivity contribution in [1.82, 2.24) is 4.90 Å². The summed E-state index contributed by atoms with van der Waals surface area (Å²) in [4.78, 5) is 28.6. The van der Waals surface area contributed by atoms with Crippen LogP contribution in [0.4, 0.5) is 5.69 Å². The van der Waals surface area contributed by atoms with Gasteiger partial charge in [0.05, 0.1) is 5.69 Å². The summed E-state index contributed by atoms with van der Waals surface area (Å²) in [5.41, 5.74) is 2.19. The molecule has 2 amide bonds. The van der Waals surface area contributed by atoms with Crippen LogP contribution >= 0.6 is 0 Å². The highest BCUT2D eigenvalue weighted by Gasteiger charge is 2.26. The predicted molar refractivity (Wildman–Crippen MR) is 113 cm³/mol. The Hall–Kier alpha value is -2.82. The molecular formula is C24H28N2O3. The van der Waals surface area contributed by atoms with E-state index >= 15 is 0 Å². The lowest BCUT2D eigenvalue weighted by Crippen LogP contribution is -2.41. The fourth-order valence-electron chi connectivity index (χ4n) is 4.28. The molecule has 1 saturated heterocycles. The Kier molecular flexibility index (Phi) is 6.13. The predicted octanol–water partition coefficient (Wildman–Crippen LogP) is 3.67. The molecule has 4 rings (SSSR count). The van der Waals surface area contributed by atoms with Gasteiger partial charge >= 0.3 is 0 Å². The third kappa shape index (κ3) is 4.78. The highest BCUT2D eigenvalue weighted by atomic mass is 16.5. The Labute approximate surface area is 172 Å². The lowest BCUT2D eigenvalue weighted by molar-refractivity contribution is -0.132. The van der Waals surface area contributed by atoms with Crippen LogP contribution in [0.2, 0.25) is 0 Å². The molecule has 0 spiro atoms. The standard InChI is InChI=1S/C24H28N2O3/c27-23(25-15-12-20(13-16-25)17-19-7-2-1-3-8-19)11-6-14-26-21-9-4-5-10-22(21)29-18-24(26)28/h1-5,7-10,20H,6,11-18H2. The van der Waals surface area contributed by atoms with E-state index in [0.717, 1.165) is 43.8 Å². The summed E-state index contributed by atoms with van der Waals surface area (Å²) in [5.74, 6) is 1.55. The number of carbonyl (C=O) groups excluding carboxylic acids is 2. The van der Waals surface area contributed by atoms with Crippen molar-refractivity contribution in [2.75, 3.05) is 31.1 Å². The van der Waals surface area contributed by atoms with Crippen LogP contribution in [0.25, 0.3) is 0 Å². The lowest BCUT2D eigenvalue weighted by atomic mass is 9.90. The van der Waals surface area contributed by atoms with Crippen LogP contribution in [0, 0.1) is 5.92 Å². The first-order valence-corrected chi connectivity index (χ1v) is 10.5. The Balaban J connectivity index is 1.22. The van der Waals surface area contributed by atoms with Gasteiger partial charge in [-0.25, -0.2) is 0 Å². The Morgan fingerprint density at radius 3 is 2.52 bits per heavy atom. The van der Waals surface area contributed by atoms with E-state index in [9.17, 15) is 9.59 Å². The largest absolute Gasteiger partial charge is 0.482 e. The second-order valence-corrected chi connectivity index (χ2v) is 7.92. The number of para-hydroxylation sites is 2. The molecule has 0 unspecified atom stereocenters. The zero-order valence-corrected chi connectivity index (χ0v) is 16.8. The van der Waals surface area contributed by atoms with Gasteiger partial charge in [-0.05, 0) is 49.3 Å². The molecule has 0 aromatic heterocycles. The number of amides is 2. The topological polar surface area (TPSA) is 49.9 Å².